The number of aryl methyl sites for hydroxylation is 2. The first kappa shape index (κ1) is 13.2. The minimum Gasteiger partial charge on any atom is -0.478 e. The Morgan fingerprint density at radius 3 is 2.58 bits per heavy atom. The number of hydrogen-bond acceptors (Lipinski definition) is 5. The fourth-order valence-corrected chi connectivity index (χ4v) is 2.11. The van der Waals surface area contributed by atoms with Crippen LogP contribution < -0.4 is 5.32 Å². The van der Waals surface area contributed by atoms with Crippen molar-refractivity contribution < 1.29 is 14.7 Å². The van der Waals surface area contributed by atoms with Crippen LogP contribution in [0.4, 0.5) is 5.69 Å². The average Bonchev–Trinajstić information content (AvgIpc) is 2.77. The molecule has 19 heavy (non-hydrogen) atoms. The van der Waals surface area contributed by atoms with Crippen LogP contribution in [0.5, 0.6) is 0 Å². The maximum absolute atomic E-state index is 12.0. The number of benzene rings is 1. The van der Waals surface area contributed by atoms with Gasteiger partial charge in [0, 0.05) is 5.69 Å². The Kier molecular flexibility index (Phi) is 3.57. The van der Waals surface area contributed by atoms with Gasteiger partial charge in [0.15, 0.2) is 0 Å². The van der Waals surface area contributed by atoms with Gasteiger partial charge in [-0.3, -0.25) is 4.79 Å². The van der Waals surface area contributed by atoms with Gasteiger partial charge in [-0.1, -0.05) is 4.49 Å². The predicted molar refractivity (Wildman–Crippen MR) is 70.7 cm³/mol. The third-order valence-electron chi connectivity index (χ3n) is 2.58. The first-order valence-corrected chi connectivity index (χ1v) is 6.20. The van der Waals surface area contributed by atoms with Gasteiger partial charge in [0.2, 0.25) is 0 Å². The van der Waals surface area contributed by atoms with E-state index in [1.807, 2.05) is 0 Å². The predicted octanol–water partition coefficient (Wildman–Crippen LogP) is 2.11. The van der Waals surface area contributed by atoms with Gasteiger partial charge in [0.05, 0.1) is 11.3 Å². The van der Waals surface area contributed by atoms with Crippen molar-refractivity contribution in [3.63, 3.8) is 0 Å². The molecule has 0 unspecified atom stereocenters. The number of rotatable bonds is 3. The van der Waals surface area contributed by atoms with E-state index in [0.717, 1.165) is 11.5 Å². The zero-order chi connectivity index (χ0) is 14.0. The lowest BCUT2D eigenvalue weighted by molar-refractivity contribution is 0.0696. The molecule has 1 heterocycles. The van der Waals surface area contributed by atoms with E-state index in [1.165, 1.54) is 12.1 Å². The Morgan fingerprint density at radius 2 is 2.05 bits per heavy atom. The molecule has 0 spiro atoms. The van der Waals surface area contributed by atoms with Crippen molar-refractivity contribution in [2.45, 2.75) is 13.8 Å². The third kappa shape index (κ3) is 2.76. The van der Waals surface area contributed by atoms with Crippen molar-refractivity contribution in [1.82, 2.24) is 9.59 Å². The number of nitrogens with one attached hydrogen (secondary N) is 1. The Hall–Kier alpha value is -2.28. The molecule has 2 N–H and O–H groups in total. The summed E-state index contributed by atoms with van der Waals surface area (Å²) in [5.74, 6) is -1.29. The van der Waals surface area contributed by atoms with Crippen molar-refractivity contribution in [2.24, 2.45) is 0 Å². The van der Waals surface area contributed by atoms with Gasteiger partial charge in [0.1, 0.15) is 4.88 Å². The molecule has 0 bridgehead atoms. The SMILES string of the molecule is Cc1cc(C(=O)O)ccc1NC(=O)c1snnc1C. The second-order valence-corrected chi connectivity index (χ2v) is 4.73. The largest absolute Gasteiger partial charge is 0.478 e. The Labute approximate surface area is 113 Å². The maximum Gasteiger partial charge on any atom is 0.335 e. The van der Waals surface area contributed by atoms with Crippen molar-refractivity contribution in [3.05, 3.63) is 39.9 Å². The van der Waals surface area contributed by atoms with Gasteiger partial charge >= 0.3 is 5.97 Å². The van der Waals surface area contributed by atoms with Crippen LogP contribution in [0.1, 0.15) is 31.3 Å². The summed E-state index contributed by atoms with van der Waals surface area (Å²) < 4.78 is 3.70. The number of carboxylic acids is 1. The number of amides is 1. The van der Waals surface area contributed by atoms with Gasteiger partial charge in [-0.25, -0.2) is 4.79 Å². The molecular weight excluding hydrogens is 266 g/mol. The molecule has 0 aliphatic carbocycles. The number of hydrogen-bond donors (Lipinski definition) is 2. The smallest absolute Gasteiger partial charge is 0.335 e. The van der Waals surface area contributed by atoms with Crippen molar-refractivity contribution in [3.8, 4) is 0 Å². The van der Waals surface area contributed by atoms with Crippen molar-refractivity contribution in [2.75, 3.05) is 5.32 Å². The molecule has 7 heteroatoms. The van der Waals surface area contributed by atoms with E-state index in [-0.39, 0.29) is 11.5 Å². The normalized spacial score (nSPS) is 10.2. The second kappa shape index (κ2) is 5.15. The van der Waals surface area contributed by atoms with Crippen LogP contribution in [0.2, 0.25) is 0 Å². The zero-order valence-corrected chi connectivity index (χ0v) is 11.1. The summed E-state index contributed by atoms with van der Waals surface area (Å²) in [5, 5.41) is 15.4. The third-order valence-corrected chi connectivity index (χ3v) is 3.41. The quantitative estimate of drug-likeness (QED) is 0.896. The van der Waals surface area contributed by atoms with Gasteiger partial charge < -0.3 is 10.4 Å². The average molecular weight is 277 g/mol. The molecular formula is C12H11N3O3S. The molecule has 0 aliphatic rings. The van der Waals surface area contributed by atoms with Crippen LogP contribution in [-0.4, -0.2) is 26.6 Å². The Balaban J connectivity index is 2.23. The summed E-state index contributed by atoms with van der Waals surface area (Å²) in [6.07, 6.45) is 0. The summed E-state index contributed by atoms with van der Waals surface area (Å²) in [6.45, 7) is 3.44. The van der Waals surface area contributed by atoms with Crippen LogP contribution in [0, 0.1) is 13.8 Å². The lowest BCUT2D eigenvalue weighted by atomic mass is 10.1. The molecule has 0 fully saturated rings. The second-order valence-electron chi connectivity index (χ2n) is 3.98. The number of carbonyl (C=O) groups excluding carboxylic acids is 1. The molecule has 2 aromatic rings. The monoisotopic (exact) mass is 277 g/mol. The van der Waals surface area contributed by atoms with Crippen LogP contribution in [0.3, 0.4) is 0 Å². The molecule has 1 amide bonds. The number of carboxylic acid groups (broad SMARTS) is 1. The lowest BCUT2D eigenvalue weighted by Gasteiger charge is -2.08. The topological polar surface area (TPSA) is 92.2 Å². The molecule has 0 aliphatic heterocycles. The van der Waals surface area contributed by atoms with Crippen molar-refractivity contribution in [1.29, 1.82) is 0 Å². The van der Waals surface area contributed by atoms with E-state index in [1.54, 1.807) is 19.9 Å². The zero-order valence-electron chi connectivity index (χ0n) is 10.3. The summed E-state index contributed by atoms with van der Waals surface area (Å²) in [6, 6.07) is 4.53. The summed E-state index contributed by atoms with van der Waals surface area (Å²) >= 11 is 1.02. The molecule has 1 aromatic carbocycles. The van der Waals surface area contributed by atoms with Crippen LogP contribution >= 0.6 is 11.5 Å². The Bertz CT molecular complexity index is 651. The van der Waals surface area contributed by atoms with E-state index in [9.17, 15) is 9.59 Å². The van der Waals surface area contributed by atoms with Gasteiger partial charge in [-0.15, -0.1) is 5.10 Å². The molecule has 0 atom stereocenters. The van der Waals surface area contributed by atoms with E-state index in [4.69, 9.17) is 5.11 Å². The van der Waals surface area contributed by atoms with E-state index < -0.39 is 5.97 Å². The summed E-state index contributed by atoms with van der Waals surface area (Å²) in [7, 11) is 0. The number of aromatic carboxylic acids is 1. The molecule has 98 valence electrons. The highest BCUT2D eigenvalue weighted by atomic mass is 32.1. The Morgan fingerprint density at radius 1 is 1.32 bits per heavy atom. The molecule has 1 aromatic heterocycles. The highest BCUT2D eigenvalue weighted by molar-refractivity contribution is 7.08. The summed E-state index contributed by atoms with van der Waals surface area (Å²) in [4.78, 5) is 23.2. The number of aromatic nitrogens is 2. The van der Waals surface area contributed by atoms with Crippen LogP contribution in [-0.2, 0) is 0 Å². The molecule has 0 radical (unpaired) electrons. The first-order valence-electron chi connectivity index (χ1n) is 5.43. The first-order chi connectivity index (χ1) is 8.99. The van der Waals surface area contributed by atoms with Crippen LogP contribution in [0.15, 0.2) is 18.2 Å². The number of anilines is 1. The van der Waals surface area contributed by atoms with Gasteiger partial charge in [0.25, 0.3) is 5.91 Å². The van der Waals surface area contributed by atoms with Crippen molar-refractivity contribution >= 4 is 29.1 Å². The fraction of sp³-hybridized carbons (Fsp3) is 0.167. The fourth-order valence-electron chi connectivity index (χ4n) is 1.56. The maximum atomic E-state index is 12.0. The summed E-state index contributed by atoms with van der Waals surface area (Å²) in [5.41, 5.74) is 2.01. The highest BCUT2D eigenvalue weighted by Crippen LogP contribution is 2.19. The molecule has 2 rings (SSSR count). The lowest BCUT2D eigenvalue weighted by Crippen LogP contribution is -2.13. The van der Waals surface area contributed by atoms with E-state index in [2.05, 4.69) is 14.9 Å². The van der Waals surface area contributed by atoms with Gasteiger partial charge in [-0.2, -0.15) is 0 Å². The van der Waals surface area contributed by atoms with Crippen LogP contribution in [0.25, 0.3) is 0 Å². The highest BCUT2D eigenvalue weighted by Gasteiger charge is 2.14. The van der Waals surface area contributed by atoms with E-state index in [0.29, 0.717) is 21.8 Å². The van der Waals surface area contributed by atoms with E-state index >= 15 is 0 Å². The molecule has 0 saturated heterocycles. The minimum atomic E-state index is -0.997. The number of nitrogens with zero attached hydrogens (tertiary/aromatic N) is 2. The standard InChI is InChI=1S/C12H11N3O3S/c1-6-5-8(12(17)18)3-4-9(6)13-11(16)10-7(2)14-15-19-10/h3-5H,1-2H3,(H,13,16)(H,17,18). The number of carbonyl (C=O) groups is 2. The molecule has 6 nitrogen and oxygen atoms in total. The molecule has 0 saturated carbocycles. The van der Waals surface area contributed by atoms with Gasteiger partial charge in [-0.05, 0) is 49.1 Å². The minimum absolute atomic E-state index is 0.186.